The molecule has 0 atom stereocenters. The van der Waals surface area contributed by atoms with Crippen molar-refractivity contribution in [3.05, 3.63) is 30.3 Å². The summed E-state index contributed by atoms with van der Waals surface area (Å²) in [7, 11) is -4.24. The Labute approximate surface area is 98.3 Å². The molecule has 88 valence electrons. The van der Waals surface area contributed by atoms with E-state index in [2.05, 4.69) is 11.7 Å². The van der Waals surface area contributed by atoms with Crippen molar-refractivity contribution in [2.24, 2.45) is 4.99 Å². The Bertz CT molecular complexity index is 708. The van der Waals surface area contributed by atoms with E-state index in [1.165, 1.54) is 18.2 Å². The van der Waals surface area contributed by atoms with Crippen LogP contribution in [0.2, 0.25) is 0 Å². The van der Waals surface area contributed by atoms with Crippen molar-refractivity contribution in [3.63, 3.8) is 0 Å². The van der Waals surface area contributed by atoms with Gasteiger partial charge in [-0.05, 0) is 31.0 Å². The maximum Gasteiger partial charge on any atom is 0.294 e. The fourth-order valence-electron chi connectivity index (χ4n) is 1.63. The van der Waals surface area contributed by atoms with E-state index in [1.807, 2.05) is 0 Å². The molecule has 2 aromatic carbocycles. The maximum atomic E-state index is 11.0. The zero-order valence-electron chi connectivity index (χ0n) is 8.79. The normalized spacial score (nSPS) is 11.6. The number of nitrogens with zero attached hydrogens (tertiary/aromatic N) is 1. The van der Waals surface area contributed by atoms with Gasteiger partial charge in [-0.2, -0.15) is 8.42 Å². The molecule has 0 aromatic heterocycles. The third-order valence-corrected chi connectivity index (χ3v) is 3.32. The summed E-state index contributed by atoms with van der Waals surface area (Å²) in [5.41, 5.74) is 6.79. The zero-order valence-corrected chi connectivity index (χ0v) is 9.61. The molecule has 0 heterocycles. The molecule has 0 aliphatic rings. The molecule has 2 rings (SSSR count). The molecule has 0 saturated carbocycles. The molecule has 0 fully saturated rings. The molecule has 0 bridgehead atoms. The summed E-state index contributed by atoms with van der Waals surface area (Å²) in [6.45, 7) is 3.40. The molecule has 2 aromatic rings. The highest BCUT2D eigenvalue weighted by atomic mass is 32.2. The second-order valence-corrected chi connectivity index (χ2v) is 4.94. The summed E-state index contributed by atoms with van der Waals surface area (Å²) in [4.78, 5) is 3.59. The summed E-state index contributed by atoms with van der Waals surface area (Å²) in [5.74, 6) is 0. The fourth-order valence-corrected chi connectivity index (χ4v) is 2.14. The van der Waals surface area contributed by atoms with Crippen LogP contribution in [0.4, 0.5) is 11.4 Å². The van der Waals surface area contributed by atoms with E-state index in [0.29, 0.717) is 22.1 Å². The molecule has 17 heavy (non-hydrogen) atoms. The predicted octanol–water partition coefficient (Wildman–Crippen LogP) is 2.00. The number of nitrogen functional groups attached to an aromatic ring is 1. The Morgan fingerprint density at radius 1 is 1.18 bits per heavy atom. The van der Waals surface area contributed by atoms with Gasteiger partial charge in [0.05, 0.1) is 10.6 Å². The number of hydrogen-bond donors (Lipinski definition) is 2. The van der Waals surface area contributed by atoms with Crippen molar-refractivity contribution >= 4 is 39.0 Å². The number of benzene rings is 2. The van der Waals surface area contributed by atoms with Crippen LogP contribution in [0.5, 0.6) is 0 Å². The van der Waals surface area contributed by atoms with E-state index in [9.17, 15) is 8.42 Å². The van der Waals surface area contributed by atoms with Gasteiger partial charge in [0.2, 0.25) is 0 Å². The standard InChI is InChI=1S/C11H10N2O3S/c1-13-11-5-4-10(12)8-3-2-7(6-9(8)11)17(14,15)16/h2-6H,1,12H2,(H,14,15,16). The van der Waals surface area contributed by atoms with Crippen LogP contribution >= 0.6 is 0 Å². The van der Waals surface area contributed by atoms with Crippen LogP contribution in [0.25, 0.3) is 10.8 Å². The van der Waals surface area contributed by atoms with Gasteiger partial charge in [-0.3, -0.25) is 9.55 Å². The van der Waals surface area contributed by atoms with Gasteiger partial charge in [-0.25, -0.2) is 0 Å². The van der Waals surface area contributed by atoms with Crippen molar-refractivity contribution in [2.45, 2.75) is 4.90 Å². The first kappa shape index (κ1) is 11.6. The van der Waals surface area contributed by atoms with Gasteiger partial charge in [-0.1, -0.05) is 6.07 Å². The third-order valence-electron chi connectivity index (χ3n) is 2.47. The summed E-state index contributed by atoms with van der Waals surface area (Å²) in [5, 5.41) is 1.21. The van der Waals surface area contributed by atoms with E-state index in [0.717, 1.165) is 0 Å². The zero-order chi connectivity index (χ0) is 12.6. The van der Waals surface area contributed by atoms with E-state index in [-0.39, 0.29) is 4.90 Å². The minimum Gasteiger partial charge on any atom is -0.398 e. The first-order valence-electron chi connectivity index (χ1n) is 4.70. The topological polar surface area (TPSA) is 92.8 Å². The quantitative estimate of drug-likeness (QED) is 0.484. The van der Waals surface area contributed by atoms with Gasteiger partial charge >= 0.3 is 0 Å². The Balaban J connectivity index is 2.89. The average Bonchev–Trinajstić information content (AvgIpc) is 2.28. The summed E-state index contributed by atoms with van der Waals surface area (Å²) in [6, 6.07) is 7.45. The molecule has 0 aliphatic carbocycles. The Morgan fingerprint density at radius 3 is 2.47 bits per heavy atom. The van der Waals surface area contributed by atoms with Crippen molar-refractivity contribution in [1.82, 2.24) is 0 Å². The second-order valence-electron chi connectivity index (χ2n) is 3.51. The highest BCUT2D eigenvalue weighted by molar-refractivity contribution is 7.85. The molecule has 0 radical (unpaired) electrons. The molecule has 0 saturated heterocycles. The Kier molecular flexibility index (Phi) is 2.60. The SMILES string of the molecule is C=Nc1ccc(N)c2ccc(S(=O)(=O)O)cc12. The first-order chi connectivity index (χ1) is 7.93. The van der Waals surface area contributed by atoms with E-state index in [4.69, 9.17) is 10.3 Å². The number of anilines is 1. The van der Waals surface area contributed by atoms with Crippen LogP contribution < -0.4 is 5.73 Å². The smallest absolute Gasteiger partial charge is 0.294 e. The molecule has 3 N–H and O–H groups in total. The minimum atomic E-state index is -4.24. The van der Waals surface area contributed by atoms with Crippen LogP contribution in [0, 0.1) is 0 Å². The largest absolute Gasteiger partial charge is 0.398 e. The molecule has 0 aliphatic heterocycles. The lowest BCUT2D eigenvalue weighted by atomic mass is 10.1. The van der Waals surface area contributed by atoms with Crippen molar-refractivity contribution in [3.8, 4) is 0 Å². The van der Waals surface area contributed by atoms with E-state index in [1.54, 1.807) is 12.1 Å². The van der Waals surface area contributed by atoms with Crippen LogP contribution in [0.3, 0.4) is 0 Å². The highest BCUT2D eigenvalue weighted by Gasteiger charge is 2.12. The maximum absolute atomic E-state index is 11.0. The number of fused-ring (bicyclic) bond motifs is 1. The Hall–Kier alpha value is -1.92. The predicted molar refractivity (Wildman–Crippen MR) is 67.4 cm³/mol. The summed E-state index contributed by atoms with van der Waals surface area (Å²) < 4.78 is 31.1. The minimum absolute atomic E-state index is 0.194. The lowest BCUT2D eigenvalue weighted by Gasteiger charge is -2.06. The van der Waals surface area contributed by atoms with E-state index < -0.39 is 10.1 Å². The molecular weight excluding hydrogens is 240 g/mol. The van der Waals surface area contributed by atoms with Gasteiger partial charge in [0.25, 0.3) is 10.1 Å². The molecule has 0 unspecified atom stereocenters. The molecule has 6 heteroatoms. The molecule has 5 nitrogen and oxygen atoms in total. The van der Waals surface area contributed by atoms with Gasteiger partial charge in [-0.15, -0.1) is 0 Å². The van der Waals surface area contributed by atoms with Crippen LogP contribution in [-0.2, 0) is 10.1 Å². The van der Waals surface area contributed by atoms with Crippen molar-refractivity contribution in [1.29, 1.82) is 0 Å². The molecule has 0 spiro atoms. The van der Waals surface area contributed by atoms with E-state index >= 15 is 0 Å². The number of rotatable bonds is 2. The number of hydrogen-bond acceptors (Lipinski definition) is 4. The van der Waals surface area contributed by atoms with Gasteiger partial charge in [0, 0.05) is 16.5 Å². The number of aliphatic imine (C=N–C) groups is 1. The lowest BCUT2D eigenvalue weighted by molar-refractivity contribution is 0.483. The number of nitrogens with two attached hydrogens (primary N) is 1. The van der Waals surface area contributed by atoms with Crippen LogP contribution in [0.1, 0.15) is 0 Å². The Morgan fingerprint density at radius 2 is 1.88 bits per heavy atom. The lowest BCUT2D eigenvalue weighted by Crippen LogP contribution is -1.98. The highest BCUT2D eigenvalue weighted by Crippen LogP contribution is 2.31. The monoisotopic (exact) mass is 250 g/mol. The van der Waals surface area contributed by atoms with Crippen LogP contribution in [0.15, 0.2) is 40.2 Å². The van der Waals surface area contributed by atoms with Gasteiger partial charge in [0.15, 0.2) is 0 Å². The second kappa shape index (κ2) is 3.83. The van der Waals surface area contributed by atoms with Crippen LogP contribution in [-0.4, -0.2) is 19.7 Å². The summed E-state index contributed by atoms with van der Waals surface area (Å²) in [6.07, 6.45) is 0. The first-order valence-corrected chi connectivity index (χ1v) is 6.14. The molecule has 0 amide bonds. The van der Waals surface area contributed by atoms with Crippen molar-refractivity contribution < 1.29 is 13.0 Å². The average molecular weight is 250 g/mol. The third kappa shape index (κ3) is 2.00. The van der Waals surface area contributed by atoms with Crippen molar-refractivity contribution in [2.75, 3.05) is 5.73 Å². The fraction of sp³-hybridized carbons (Fsp3) is 0. The molecular formula is C11H10N2O3S. The van der Waals surface area contributed by atoms with Gasteiger partial charge in [0.1, 0.15) is 0 Å². The summed E-state index contributed by atoms with van der Waals surface area (Å²) >= 11 is 0. The van der Waals surface area contributed by atoms with Gasteiger partial charge < -0.3 is 5.73 Å².